The predicted molar refractivity (Wildman–Crippen MR) is 298 cm³/mol. The van der Waals surface area contributed by atoms with Crippen molar-refractivity contribution in [3.63, 3.8) is 0 Å². The monoisotopic (exact) mass is 1010 g/mol. The maximum atomic E-state index is 13.0. The SMILES string of the molecule is CCCCCCCCCCSc1nnc(-c2ccc(N=Cc3ccc(OCCCCCCCCCCC(=O)OC4CC[C@@]5(C)C(=CC[C@H]6[C@@H]7CC[C@H]([C@H](C)CCCC(C)C)[C@@]7(C)CC[C@@H]65)C4)cc3O)cc2)o1. The third kappa shape index (κ3) is 15.7. The second-order valence-electron chi connectivity index (χ2n) is 23.8. The molecule has 4 aliphatic rings. The van der Waals surface area contributed by atoms with E-state index in [1.54, 1.807) is 29.6 Å². The van der Waals surface area contributed by atoms with E-state index < -0.39 is 0 Å². The maximum absolute atomic E-state index is 13.0. The molecule has 72 heavy (non-hydrogen) atoms. The molecule has 0 radical (unpaired) electrons. The summed E-state index contributed by atoms with van der Waals surface area (Å²) in [5, 5.41) is 19.8. The lowest BCUT2D eigenvalue weighted by atomic mass is 9.47. The topological polar surface area (TPSA) is 107 Å². The fourth-order valence-electron chi connectivity index (χ4n) is 14.0. The molecule has 3 aromatic rings. The molecule has 8 atom stereocenters. The molecule has 3 saturated carbocycles. The van der Waals surface area contributed by atoms with Crippen molar-refractivity contribution in [2.45, 2.75) is 233 Å². The molecule has 8 nitrogen and oxygen atoms in total. The molecule has 0 aliphatic heterocycles. The second kappa shape index (κ2) is 28.3. The standard InChI is InChI=1S/C63H95N3O5S/c1-7-8-9-10-11-16-19-22-42-72-61-66-65-60(71-61)48-27-31-51(32-28-48)64-45-49-29-33-52(44-58(49)67)69-41-21-18-15-13-12-14-17-20-26-59(68)70-53-37-39-62(5)50(43-53)30-34-54-56-36-35-55(47(4)25-23-24-46(2)3)63(56,6)40-38-57(54)62/h27-33,44-47,53-57,67H,7-26,34-43H2,1-6H3/t47-,53?,54+,55-,56+,57+,62+,63-/m1/s1. The molecule has 1 unspecified atom stereocenters. The molecule has 2 aromatic carbocycles. The first-order valence-corrected chi connectivity index (χ1v) is 30.4. The number of ether oxygens (including phenoxy) is 2. The van der Waals surface area contributed by atoms with E-state index in [9.17, 15) is 9.90 Å². The van der Waals surface area contributed by atoms with Gasteiger partial charge in [-0.3, -0.25) is 9.79 Å². The minimum atomic E-state index is 0.0118. The number of hydrogen-bond acceptors (Lipinski definition) is 9. The Kier molecular flexibility index (Phi) is 22.1. The zero-order valence-electron chi connectivity index (χ0n) is 45.8. The average Bonchev–Trinajstić information content (AvgIpc) is 3.99. The zero-order chi connectivity index (χ0) is 50.8. The van der Waals surface area contributed by atoms with Crippen LogP contribution in [0.3, 0.4) is 0 Å². The summed E-state index contributed by atoms with van der Waals surface area (Å²) in [6.45, 7) is 15.5. The van der Waals surface area contributed by atoms with Gasteiger partial charge in [-0.15, -0.1) is 10.2 Å². The van der Waals surface area contributed by atoms with Crippen molar-refractivity contribution in [1.29, 1.82) is 0 Å². The van der Waals surface area contributed by atoms with E-state index in [-0.39, 0.29) is 17.8 Å². The number of phenols is 1. The van der Waals surface area contributed by atoms with Gasteiger partial charge in [0.25, 0.3) is 5.22 Å². The van der Waals surface area contributed by atoms with E-state index in [1.807, 2.05) is 36.4 Å². The molecule has 1 heterocycles. The summed E-state index contributed by atoms with van der Waals surface area (Å²) in [5.74, 6) is 7.42. The summed E-state index contributed by atoms with van der Waals surface area (Å²) < 4.78 is 18.0. The van der Waals surface area contributed by atoms with Crippen LogP contribution in [-0.4, -0.2) is 46.0 Å². The largest absolute Gasteiger partial charge is 0.507 e. The first kappa shape index (κ1) is 56.1. The van der Waals surface area contributed by atoms with Crippen LogP contribution in [0, 0.1) is 46.3 Å². The number of fused-ring (bicyclic) bond motifs is 5. The van der Waals surface area contributed by atoms with Crippen molar-refractivity contribution in [2.24, 2.45) is 51.3 Å². The number of phenolic OH excluding ortho intramolecular Hbond substituents is 1. The van der Waals surface area contributed by atoms with E-state index in [0.717, 1.165) is 97.5 Å². The number of carbonyl (C=O) groups excluding carboxylic acids is 1. The molecule has 9 heteroatoms. The molecule has 0 bridgehead atoms. The molecular weight excluding hydrogens is 911 g/mol. The van der Waals surface area contributed by atoms with Gasteiger partial charge in [-0.05, 0) is 147 Å². The lowest BCUT2D eigenvalue weighted by Gasteiger charge is -2.58. The third-order valence-corrected chi connectivity index (χ3v) is 19.1. The van der Waals surface area contributed by atoms with Crippen LogP contribution in [0.2, 0.25) is 0 Å². The van der Waals surface area contributed by atoms with Crippen LogP contribution >= 0.6 is 11.8 Å². The van der Waals surface area contributed by atoms with Gasteiger partial charge in [0.05, 0.1) is 12.3 Å². The van der Waals surface area contributed by atoms with Gasteiger partial charge in [-0.25, -0.2) is 0 Å². The van der Waals surface area contributed by atoms with Gasteiger partial charge in [0, 0.05) is 42.0 Å². The fourth-order valence-corrected chi connectivity index (χ4v) is 14.7. The van der Waals surface area contributed by atoms with Crippen molar-refractivity contribution >= 4 is 29.6 Å². The molecule has 1 N–H and O–H groups in total. The van der Waals surface area contributed by atoms with E-state index in [1.165, 1.54) is 128 Å². The lowest BCUT2D eigenvalue weighted by molar-refractivity contribution is -0.151. The maximum Gasteiger partial charge on any atom is 0.306 e. The highest BCUT2D eigenvalue weighted by Gasteiger charge is 2.59. The van der Waals surface area contributed by atoms with Crippen LogP contribution in [0.4, 0.5) is 5.69 Å². The molecular formula is C63H95N3O5S. The Morgan fingerprint density at radius 2 is 1.54 bits per heavy atom. The Labute approximate surface area is 440 Å². The number of aromatic nitrogens is 2. The van der Waals surface area contributed by atoms with E-state index in [0.29, 0.717) is 46.3 Å². The molecule has 0 saturated heterocycles. The molecule has 398 valence electrons. The number of esters is 1. The first-order valence-electron chi connectivity index (χ1n) is 29.4. The number of aromatic hydroxyl groups is 1. The number of allylic oxidation sites excluding steroid dienone is 1. The summed E-state index contributed by atoms with van der Waals surface area (Å²) in [7, 11) is 0. The normalized spacial score (nSPS) is 25.3. The first-order chi connectivity index (χ1) is 35.0. The van der Waals surface area contributed by atoms with Gasteiger partial charge in [0.2, 0.25) is 5.89 Å². The molecule has 7 rings (SSSR count). The molecule has 3 fully saturated rings. The summed E-state index contributed by atoms with van der Waals surface area (Å²) in [6, 6.07) is 13.1. The summed E-state index contributed by atoms with van der Waals surface area (Å²) in [4.78, 5) is 17.6. The fraction of sp³-hybridized carbons (Fsp3) is 0.714. The summed E-state index contributed by atoms with van der Waals surface area (Å²) in [6.07, 6.45) is 38.5. The molecule has 4 aliphatic carbocycles. The average molecular weight is 1010 g/mol. The number of aliphatic imine (C=N–C) groups is 1. The number of hydrogen-bond donors (Lipinski definition) is 1. The quantitative estimate of drug-likeness (QED) is 0.0223. The number of benzene rings is 2. The summed E-state index contributed by atoms with van der Waals surface area (Å²) in [5.41, 5.74) is 4.68. The number of unbranched alkanes of at least 4 members (excludes halogenated alkanes) is 14. The van der Waals surface area contributed by atoms with Crippen molar-refractivity contribution in [3.8, 4) is 23.0 Å². The number of carbonyl (C=O) groups is 1. The number of nitrogens with zero attached hydrogens (tertiary/aromatic N) is 3. The van der Waals surface area contributed by atoms with Crippen molar-refractivity contribution < 1.29 is 23.8 Å². The Bertz CT molecular complexity index is 2150. The summed E-state index contributed by atoms with van der Waals surface area (Å²) >= 11 is 1.63. The lowest BCUT2D eigenvalue weighted by Crippen LogP contribution is -2.51. The highest BCUT2D eigenvalue weighted by atomic mass is 32.2. The van der Waals surface area contributed by atoms with Gasteiger partial charge in [0.1, 0.15) is 17.6 Å². The van der Waals surface area contributed by atoms with Gasteiger partial charge < -0.3 is 19.0 Å². The van der Waals surface area contributed by atoms with E-state index in [2.05, 4.69) is 62.8 Å². The van der Waals surface area contributed by atoms with E-state index >= 15 is 0 Å². The predicted octanol–water partition coefficient (Wildman–Crippen LogP) is 18.3. The van der Waals surface area contributed by atoms with Gasteiger partial charge in [-0.2, -0.15) is 0 Å². The Balaban J connectivity index is 0.704. The van der Waals surface area contributed by atoms with Crippen LogP contribution in [0.15, 0.2) is 68.7 Å². The minimum absolute atomic E-state index is 0.0118. The number of rotatable bonds is 31. The smallest absolute Gasteiger partial charge is 0.306 e. The van der Waals surface area contributed by atoms with Crippen LogP contribution in [0.1, 0.15) is 227 Å². The van der Waals surface area contributed by atoms with Gasteiger partial charge in [0.15, 0.2) is 0 Å². The molecule has 0 spiro atoms. The van der Waals surface area contributed by atoms with Crippen LogP contribution < -0.4 is 4.74 Å². The highest BCUT2D eigenvalue weighted by molar-refractivity contribution is 7.99. The molecule has 0 amide bonds. The van der Waals surface area contributed by atoms with Crippen LogP contribution in [0.5, 0.6) is 11.5 Å². The second-order valence-corrected chi connectivity index (χ2v) is 24.8. The molecule has 1 aromatic heterocycles. The van der Waals surface area contributed by atoms with Crippen molar-refractivity contribution in [3.05, 3.63) is 59.7 Å². The van der Waals surface area contributed by atoms with E-state index in [4.69, 9.17) is 13.9 Å². The highest BCUT2D eigenvalue weighted by Crippen LogP contribution is 2.67. The van der Waals surface area contributed by atoms with Crippen LogP contribution in [0.25, 0.3) is 11.5 Å². The van der Waals surface area contributed by atoms with Gasteiger partial charge in [-0.1, -0.05) is 168 Å². The van der Waals surface area contributed by atoms with Crippen molar-refractivity contribution in [1.82, 2.24) is 10.2 Å². The minimum Gasteiger partial charge on any atom is -0.507 e. The zero-order valence-corrected chi connectivity index (χ0v) is 46.6. The Hall–Kier alpha value is -3.59. The van der Waals surface area contributed by atoms with Crippen molar-refractivity contribution in [2.75, 3.05) is 12.4 Å². The third-order valence-electron chi connectivity index (χ3n) is 18.2. The Morgan fingerprint density at radius 1 is 0.819 bits per heavy atom. The Morgan fingerprint density at radius 3 is 2.28 bits per heavy atom. The number of thioether (sulfide) groups is 1. The van der Waals surface area contributed by atoms with Crippen LogP contribution in [-0.2, 0) is 9.53 Å². The van der Waals surface area contributed by atoms with Gasteiger partial charge >= 0.3 is 5.97 Å².